The van der Waals surface area contributed by atoms with Gasteiger partial charge in [0, 0.05) is 13.2 Å². The number of carbonyl (C=O) groups is 1. The van der Waals surface area contributed by atoms with Crippen molar-refractivity contribution in [3.63, 3.8) is 0 Å². The van der Waals surface area contributed by atoms with Crippen molar-refractivity contribution in [3.8, 4) is 0 Å². The average molecular weight is 258 g/mol. The van der Waals surface area contributed by atoms with Crippen LogP contribution >= 0.6 is 0 Å². The maximum Gasteiger partial charge on any atom is 0.338 e. The first-order valence-corrected chi connectivity index (χ1v) is 5.03. The van der Waals surface area contributed by atoms with Crippen LogP contribution in [0.3, 0.4) is 0 Å². The Morgan fingerprint density at radius 2 is 2.17 bits per heavy atom. The number of halogens is 1. The Labute approximate surface area is 101 Å². The molecule has 0 atom stereocenters. The molecule has 0 heterocycles. The van der Waals surface area contributed by atoms with Crippen LogP contribution in [0, 0.1) is 15.9 Å². The molecule has 0 radical (unpaired) electrons. The summed E-state index contributed by atoms with van der Waals surface area (Å²) in [4.78, 5) is 20.6. The Kier molecular flexibility index (Phi) is 4.55. The molecule has 18 heavy (non-hydrogen) atoms. The van der Waals surface area contributed by atoms with Crippen LogP contribution in [0.25, 0.3) is 0 Å². The molecule has 0 saturated heterocycles. The lowest BCUT2D eigenvalue weighted by Gasteiger charge is -2.07. The predicted molar refractivity (Wildman–Crippen MR) is 60.2 cm³/mol. The molecular formula is C10H11FN2O5. The van der Waals surface area contributed by atoms with Gasteiger partial charge in [-0.25, -0.2) is 9.18 Å². The van der Waals surface area contributed by atoms with Gasteiger partial charge in [-0.05, 0) is 12.5 Å². The van der Waals surface area contributed by atoms with E-state index in [1.54, 1.807) is 0 Å². The number of benzene rings is 1. The SMILES string of the molecule is O=C(O)c1cc(NCCCO)c([N+](=O)[O-])cc1F. The minimum absolute atomic E-state index is 0.0905. The van der Waals surface area contributed by atoms with Crippen molar-refractivity contribution in [1.29, 1.82) is 0 Å². The number of nitro benzene ring substituents is 1. The summed E-state index contributed by atoms with van der Waals surface area (Å²) in [5.74, 6) is -2.67. The van der Waals surface area contributed by atoms with Gasteiger partial charge in [0.1, 0.15) is 11.5 Å². The smallest absolute Gasteiger partial charge is 0.338 e. The van der Waals surface area contributed by atoms with Crippen molar-refractivity contribution in [3.05, 3.63) is 33.6 Å². The van der Waals surface area contributed by atoms with E-state index in [4.69, 9.17) is 10.2 Å². The Balaban J connectivity index is 3.14. The normalized spacial score (nSPS) is 10.1. The summed E-state index contributed by atoms with van der Waals surface area (Å²) in [6.07, 6.45) is 0.330. The number of nitrogens with one attached hydrogen (secondary N) is 1. The number of nitro groups is 1. The quantitative estimate of drug-likeness (QED) is 0.402. The summed E-state index contributed by atoms with van der Waals surface area (Å²) < 4.78 is 13.3. The van der Waals surface area contributed by atoms with Crippen molar-refractivity contribution in [1.82, 2.24) is 0 Å². The van der Waals surface area contributed by atoms with E-state index >= 15 is 0 Å². The highest BCUT2D eigenvalue weighted by molar-refractivity contribution is 5.90. The van der Waals surface area contributed by atoms with Crippen LogP contribution in [-0.2, 0) is 0 Å². The van der Waals surface area contributed by atoms with Gasteiger partial charge in [0.2, 0.25) is 0 Å². The molecule has 1 aromatic carbocycles. The molecule has 3 N–H and O–H groups in total. The highest BCUT2D eigenvalue weighted by Gasteiger charge is 2.21. The maximum absolute atomic E-state index is 13.3. The lowest BCUT2D eigenvalue weighted by molar-refractivity contribution is -0.384. The van der Waals surface area contributed by atoms with Crippen molar-refractivity contribution in [2.24, 2.45) is 0 Å². The minimum atomic E-state index is -1.51. The third-order valence-corrected chi connectivity index (χ3v) is 2.16. The summed E-state index contributed by atoms with van der Waals surface area (Å²) in [5.41, 5.74) is -1.28. The Hall–Kier alpha value is -2.22. The molecule has 98 valence electrons. The highest BCUT2D eigenvalue weighted by atomic mass is 19.1. The van der Waals surface area contributed by atoms with E-state index in [0.717, 1.165) is 6.07 Å². The van der Waals surface area contributed by atoms with Gasteiger partial charge in [0.15, 0.2) is 0 Å². The second kappa shape index (κ2) is 5.92. The van der Waals surface area contributed by atoms with Gasteiger partial charge in [0.05, 0.1) is 16.6 Å². The number of nitrogens with zero attached hydrogens (tertiary/aromatic N) is 1. The molecule has 1 aromatic rings. The molecule has 0 aliphatic rings. The number of hydrogen-bond donors (Lipinski definition) is 3. The number of aromatic carboxylic acids is 1. The molecule has 0 spiro atoms. The standard InChI is InChI=1S/C10H11FN2O5/c11-7-5-9(13(17)18)8(12-2-1-3-14)4-6(7)10(15)16/h4-5,12,14H,1-3H2,(H,15,16). The first-order valence-electron chi connectivity index (χ1n) is 5.03. The number of rotatable bonds is 6. The number of aliphatic hydroxyl groups is 1. The van der Waals surface area contributed by atoms with Crippen LogP contribution in [0.1, 0.15) is 16.8 Å². The van der Waals surface area contributed by atoms with E-state index in [1.165, 1.54) is 0 Å². The van der Waals surface area contributed by atoms with Gasteiger partial charge >= 0.3 is 5.97 Å². The molecule has 0 aliphatic carbocycles. The zero-order valence-corrected chi connectivity index (χ0v) is 9.22. The van der Waals surface area contributed by atoms with E-state index in [9.17, 15) is 19.3 Å². The molecular weight excluding hydrogens is 247 g/mol. The largest absolute Gasteiger partial charge is 0.478 e. The van der Waals surface area contributed by atoms with Crippen LogP contribution in [-0.4, -0.2) is 34.3 Å². The third kappa shape index (κ3) is 3.14. The Morgan fingerprint density at radius 3 is 2.67 bits per heavy atom. The molecule has 0 fully saturated rings. The van der Waals surface area contributed by atoms with Gasteiger partial charge in [-0.3, -0.25) is 10.1 Å². The van der Waals surface area contributed by atoms with E-state index in [1.807, 2.05) is 0 Å². The molecule has 0 aromatic heterocycles. The van der Waals surface area contributed by atoms with E-state index in [2.05, 4.69) is 5.32 Å². The molecule has 1 rings (SSSR count). The predicted octanol–water partition coefficient (Wildman–Crippen LogP) is 1.23. The minimum Gasteiger partial charge on any atom is -0.478 e. The highest BCUT2D eigenvalue weighted by Crippen LogP contribution is 2.27. The maximum atomic E-state index is 13.3. The third-order valence-electron chi connectivity index (χ3n) is 2.16. The monoisotopic (exact) mass is 258 g/mol. The van der Waals surface area contributed by atoms with E-state index < -0.39 is 28.0 Å². The fourth-order valence-corrected chi connectivity index (χ4v) is 1.32. The molecule has 0 unspecified atom stereocenters. The average Bonchev–Trinajstić information content (AvgIpc) is 2.30. The summed E-state index contributed by atoms with van der Waals surface area (Å²) in [6.45, 7) is 0.0931. The van der Waals surface area contributed by atoms with Crippen LogP contribution < -0.4 is 5.32 Å². The van der Waals surface area contributed by atoms with Crippen LogP contribution in [0.2, 0.25) is 0 Å². The van der Waals surface area contributed by atoms with Gasteiger partial charge in [-0.1, -0.05) is 0 Å². The lowest BCUT2D eigenvalue weighted by atomic mass is 10.1. The fraction of sp³-hybridized carbons (Fsp3) is 0.300. The topological polar surface area (TPSA) is 113 Å². The summed E-state index contributed by atoms with van der Waals surface area (Å²) in [7, 11) is 0. The molecule has 0 aliphatic heterocycles. The molecule has 0 amide bonds. The van der Waals surface area contributed by atoms with Crippen LogP contribution in [0.15, 0.2) is 12.1 Å². The number of anilines is 1. The second-order valence-corrected chi connectivity index (χ2v) is 3.42. The zero-order valence-electron chi connectivity index (χ0n) is 9.22. The summed E-state index contributed by atoms with van der Waals surface area (Å²) in [5, 5.41) is 30.6. The summed E-state index contributed by atoms with van der Waals surface area (Å²) in [6, 6.07) is 1.43. The first-order chi connectivity index (χ1) is 8.47. The number of carboxylic acid groups (broad SMARTS) is 1. The molecule has 0 bridgehead atoms. The van der Waals surface area contributed by atoms with E-state index in [0.29, 0.717) is 12.5 Å². The van der Waals surface area contributed by atoms with Crippen molar-refractivity contribution in [2.45, 2.75) is 6.42 Å². The molecule has 7 nitrogen and oxygen atoms in total. The van der Waals surface area contributed by atoms with Crippen molar-refractivity contribution < 1.29 is 24.3 Å². The number of carboxylic acids is 1. The Morgan fingerprint density at radius 1 is 1.50 bits per heavy atom. The van der Waals surface area contributed by atoms with Crippen LogP contribution in [0.4, 0.5) is 15.8 Å². The van der Waals surface area contributed by atoms with Gasteiger partial charge in [-0.2, -0.15) is 0 Å². The molecule has 0 saturated carbocycles. The fourth-order valence-electron chi connectivity index (χ4n) is 1.32. The van der Waals surface area contributed by atoms with Crippen molar-refractivity contribution >= 4 is 17.3 Å². The first kappa shape index (κ1) is 13.8. The van der Waals surface area contributed by atoms with Crippen LogP contribution in [0.5, 0.6) is 0 Å². The van der Waals surface area contributed by atoms with Gasteiger partial charge < -0.3 is 15.5 Å². The van der Waals surface area contributed by atoms with E-state index in [-0.39, 0.29) is 18.8 Å². The zero-order chi connectivity index (χ0) is 13.7. The van der Waals surface area contributed by atoms with Gasteiger partial charge in [0.25, 0.3) is 5.69 Å². The Bertz CT molecular complexity index is 478. The number of aliphatic hydroxyl groups excluding tert-OH is 1. The number of hydrogen-bond acceptors (Lipinski definition) is 5. The second-order valence-electron chi connectivity index (χ2n) is 3.42. The van der Waals surface area contributed by atoms with Crippen molar-refractivity contribution in [2.75, 3.05) is 18.5 Å². The summed E-state index contributed by atoms with van der Waals surface area (Å²) >= 11 is 0. The van der Waals surface area contributed by atoms with Gasteiger partial charge in [-0.15, -0.1) is 0 Å². The molecule has 8 heteroatoms. The lowest BCUT2D eigenvalue weighted by Crippen LogP contribution is -2.09.